The number of carboxylic acids is 1. The first-order chi connectivity index (χ1) is 9.56. The van der Waals surface area contributed by atoms with Gasteiger partial charge in [-0.05, 0) is 23.8 Å². The molecule has 0 radical (unpaired) electrons. The third-order valence-electron chi connectivity index (χ3n) is 2.69. The molecule has 0 amide bonds. The van der Waals surface area contributed by atoms with Gasteiger partial charge in [0.2, 0.25) is 5.95 Å². The molecule has 20 heavy (non-hydrogen) atoms. The predicted octanol–water partition coefficient (Wildman–Crippen LogP) is 1.85. The molecule has 1 heterocycles. The molecule has 6 heteroatoms. The smallest absolute Gasteiger partial charge is 0.335 e. The molecule has 0 aliphatic carbocycles. The van der Waals surface area contributed by atoms with Crippen molar-refractivity contribution >= 4 is 17.7 Å². The van der Waals surface area contributed by atoms with E-state index in [1.807, 2.05) is 25.1 Å². The highest BCUT2D eigenvalue weighted by atomic mass is 16.4. The summed E-state index contributed by atoms with van der Waals surface area (Å²) in [6.07, 6.45) is 1.68. The number of aromatic nitrogens is 2. The zero-order valence-corrected chi connectivity index (χ0v) is 11.4. The van der Waals surface area contributed by atoms with E-state index >= 15 is 0 Å². The fourth-order valence-electron chi connectivity index (χ4n) is 1.67. The van der Waals surface area contributed by atoms with Crippen LogP contribution in [0.4, 0.5) is 11.8 Å². The second-order valence-electron chi connectivity index (χ2n) is 4.50. The minimum Gasteiger partial charge on any atom is -0.478 e. The molecule has 1 aromatic heterocycles. The summed E-state index contributed by atoms with van der Waals surface area (Å²) in [5.74, 6) is 0.391. The Bertz CT molecular complexity index is 614. The van der Waals surface area contributed by atoms with E-state index < -0.39 is 5.97 Å². The van der Waals surface area contributed by atoms with Crippen LogP contribution in [-0.2, 0) is 6.54 Å². The number of anilines is 2. The Kier molecular flexibility index (Phi) is 4.14. The number of rotatable bonds is 5. The van der Waals surface area contributed by atoms with Crippen molar-refractivity contribution in [2.24, 2.45) is 0 Å². The molecule has 2 N–H and O–H groups in total. The number of aromatic carboxylic acids is 1. The first-order valence-corrected chi connectivity index (χ1v) is 6.13. The molecule has 0 unspecified atom stereocenters. The number of hydrogen-bond acceptors (Lipinski definition) is 5. The maximum atomic E-state index is 10.9. The molecule has 0 aliphatic heterocycles. The number of hydrogen-bond donors (Lipinski definition) is 2. The topological polar surface area (TPSA) is 78.4 Å². The van der Waals surface area contributed by atoms with Crippen LogP contribution in [0.1, 0.15) is 15.9 Å². The number of nitrogens with one attached hydrogen (secondary N) is 1. The van der Waals surface area contributed by atoms with Crippen molar-refractivity contribution < 1.29 is 9.90 Å². The summed E-state index contributed by atoms with van der Waals surface area (Å²) in [4.78, 5) is 21.2. The number of benzene rings is 1. The Morgan fingerprint density at radius 3 is 2.85 bits per heavy atom. The summed E-state index contributed by atoms with van der Waals surface area (Å²) in [7, 11) is 3.74. The fraction of sp³-hybridized carbons (Fsp3) is 0.214. The Balaban J connectivity index is 2.07. The zero-order chi connectivity index (χ0) is 14.5. The first kappa shape index (κ1) is 13.8. The van der Waals surface area contributed by atoms with Crippen molar-refractivity contribution in [1.82, 2.24) is 9.97 Å². The molecular weight excluding hydrogens is 256 g/mol. The second kappa shape index (κ2) is 6.01. The van der Waals surface area contributed by atoms with Crippen molar-refractivity contribution in [3.05, 3.63) is 47.7 Å². The third-order valence-corrected chi connectivity index (χ3v) is 2.69. The van der Waals surface area contributed by atoms with Gasteiger partial charge in [-0.3, -0.25) is 0 Å². The molecule has 0 spiro atoms. The second-order valence-corrected chi connectivity index (χ2v) is 4.50. The van der Waals surface area contributed by atoms with E-state index in [4.69, 9.17) is 5.11 Å². The van der Waals surface area contributed by atoms with Gasteiger partial charge in [0.15, 0.2) is 0 Å². The lowest BCUT2D eigenvalue weighted by Gasteiger charge is -2.12. The van der Waals surface area contributed by atoms with Crippen molar-refractivity contribution in [3.8, 4) is 0 Å². The minimum atomic E-state index is -0.927. The van der Waals surface area contributed by atoms with E-state index in [1.54, 1.807) is 30.5 Å². The van der Waals surface area contributed by atoms with Crippen molar-refractivity contribution in [3.63, 3.8) is 0 Å². The van der Waals surface area contributed by atoms with Crippen LogP contribution in [0.25, 0.3) is 0 Å². The lowest BCUT2D eigenvalue weighted by atomic mass is 10.1. The van der Waals surface area contributed by atoms with Crippen LogP contribution in [-0.4, -0.2) is 35.1 Å². The Hall–Kier alpha value is -2.63. The van der Waals surface area contributed by atoms with Crippen LogP contribution < -0.4 is 10.2 Å². The molecule has 0 bridgehead atoms. The molecule has 1 aromatic carbocycles. The lowest BCUT2D eigenvalue weighted by molar-refractivity contribution is 0.0697. The maximum Gasteiger partial charge on any atom is 0.335 e. The van der Waals surface area contributed by atoms with E-state index in [0.29, 0.717) is 18.3 Å². The van der Waals surface area contributed by atoms with Gasteiger partial charge in [0.25, 0.3) is 0 Å². The van der Waals surface area contributed by atoms with Crippen LogP contribution in [0.3, 0.4) is 0 Å². The molecule has 2 aromatic rings. The highest BCUT2D eigenvalue weighted by Gasteiger charge is 2.04. The van der Waals surface area contributed by atoms with Crippen molar-refractivity contribution in [2.75, 3.05) is 24.3 Å². The van der Waals surface area contributed by atoms with Crippen LogP contribution in [0, 0.1) is 0 Å². The normalized spacial score (nSPS) is 10.1. The molecule has 6 nitrogen and oxygen atoms in total. The largest absolute Gasteiger partial charge is 0.478 e. The summed E-state index contributed by atoms with van der Waals surface area (Å²) < 4.78 is 0. The SMILES string of the molecule is CN(C)c1nccc(NCc2cccc(C(=O)O)c2)n1. The van der Waals surface area contributed by atoms with E-state index in [1.165, 1.54) is 0 Å². The van der Waals surface area contributed by atoms with E-state index in [2.05, 4.69) is 15.3 Å². The standard InChI is InChI=1S/C14H16N4O2/c1-18(2)14-15-7-6-12(17-14)16-9-10-4-3-5-11(8-10)13(19)20/h3-8H,9H2,1-2H3,(H,19,20)(H,15,16,17). The number of carboxylic acid groups (broad SMARTS) is 1. The number of carbonyl (C=O) groups is 1. The van der Waals surface area contributed by atoms with Crippen LogP contribution in [0.15, 0.2) is 36.5 Å². The highest BCUT2D eigenvalue weighted by molar-refractivity contribution is 5.87. The molecule has 0 saturated carbocycles. The summed E-state index contributed by atoms with van der Waals surface area (Å²) in [6, 6.07) is 8.58. The fourth-order valence-corrected chi connectivity index (χ4v) is 1.67. The molecule has 0 aliphatic rings. The first-order valence-electron chi connectivity index (χ1n) is 6.13. The number of nitrogens with zero attached hydrogens (tertiary/aromatic N) is 3. The van der Waals surface area contributed by atoms with Crippen LogP contribution in [0.2, 0.25) is 0 Å². The lowest BCUT2D eigenvalue weighted by Crippen LogP contribution is -2.13. The van der Waals surface area contributed by atoms with Crippen LogP contribution in [0.5, 0.6) is 0 Å². The monoisotopic (exact) mass is 272 g/mol. The van der Waals surface area contributed by atoms with Gasteiger partial charge < -0.3 is 15.3 Å². The Morgan fingerprint density at radius 1 is 1.35 bits per heavy atom. The van der Waals surface area contributed by atoms with Gasteiger partial charge in [0.1, 0.15) is 5.82 Å². The third kappa shape index (κ3) is 3.44. The van der Waals surface area contributed by atoms with Gasteiger partial charge in [-0.2, -0.15) is 4.98 Å². The maximum absolute atomic E-state index is 10.9. The van der Waals surface area contributed by atoms with Gasteiger partial charge in [-0.15, -0.1) is 0 Å². The van der Waals surface area contributed by atoms with E-state index in [0.717, 1.165) is 5.56 Å². The van der Waals surface area contributed by atoms with E-state index in [9.17, 15) is 4.79 Å². The van der Waals surface area contributed by atoms with Gasteiger partial charge in [0, 0.05) is 26.8 Å². The Labute approximate surface area is 117 Å². The molecule has 2 rings (SSSR count). The van der Waals surface area contributed by atoms with Gasteiger partial charge in [-0.25, -0.2) is 9.78 Å². The average Bonchev–Trinajstić information content (AvgIpc) is 2.45. The summed E-state index contributed by atoms with van der Waals surface area (Å²) in [5, 5.41) is 12.1. The molecular formula is C14H16N4O2. The molecule has 0 fully saturated rings. The molecule has 0 saturated heterocycles. The van der Waals surface area contributed by atoms with Crippen LogP contribution >= 0.6 is 0 Å². The predicted molar refractivity (Wildman–Crippen MR) is 77.1 cm³/mol. The Morgan fingerprint density at radius 2 is 2.15 bits per heavy atom. The summed E-state index contributed by atoms with van der Waals surface area (Å²) in [6.45, 7) is 0.505. The van der Waals surface area contributed by atoms with Gasteiger partial charge >= 0.3 is 5.97 Å². The van der Waals surface area contributed by atoms with Gasteiger partial charge in [-0.1, -0.05) is 12.1 Å². The molecule has 104 valence electrons. The molecule has 0 atom stereocenters. The zero-order valence-electron chi connectivity index (χ0n) is 11.4. The quantitative estimate of drug-likeness (QED) is 0.865. The van der Waals surface area contributed by atoms with Crippen molar-refractivity contribution in [2.45, 2.75) is 6.54 Å². The highest BCUT2D eigenvalue weighted by Crippen LogP contribution is 2.11. The van der Waals surface area contributed by atoms with Crippen molar-refractivity contribution in [1.29, 1.82) is 0 Å². The summed E-state index contributed by atoms with van der Waals surface area (Å²) in [5.41, 5.74) is 1.16. The van der Waals surface area contributed by atoms with Gasteiger partial charge in [0.05, 0.1) is 5.56 Å². The average molecular weight is 272 g/mol. The minimum absolute atomic E-state index is 0.279. The van der Waals surface area contributed by atoms with E-state index in [-0.39, 0.29) is 5.56 Å². The summed E-state index contributed by atoms with van der Waals surface area (Å²) >= 11 is 0.